The van der Waals surface area contributed by atoms with E-state index in [2.05, 4.69) is 133 Å². The molecule has 0 fully saturated rings. The van der Waals surface area contributed by atoms with Crippen LogP contribution in [0.3, 0.4) is 0 Å². The van der Waals surface area contributed by atoms with Crippen molar-refractivity contribution in [2.75, 3.05) is 0 Å². The van der Waals surface area contributed by atoms with Crippen LogP contribution in [0.25, 0.3) is 109 Å². The molecule has 4 nitrogen and oxygen atoms in total. The highest BCUT2D eigenvalue weighted by molar-refractivity contribution is 7.26. The van der Waals surface area contributed by atoms with Gasteiger partial charge in [-0.05, 0) is 69.1 Å². The third-order valence-electron chi connectivity index (χ3n) is 10.1. The van der Waals surface area contributed by atoms with Gasteiger partial charge >= 0.3 is 0 Å². The summed E-state index contributed by atoms with van der Waals surface area (Å²) in [6, 6.07) is 57.5. The Morgan fingerprint density at radius 2 is 1.00 bits per heavy atom. The Kier molecular flexibility index (Phi) is 6.39. The topological polar surface area (TPSA) is 51.8 Å². The fourth-order valence-electron chi connectivity index (χ4n) is 7.64. The third kappa shape index (κ3) is 4.57. The van der Waals surface area contributed by atoms with Crippen molar-refractivity contribution in [3.05, 3.63) is 164 Å². The summed E-state index contributed by atoms with van der Waals surface area (Å²) in [6.07, 6.45) is 0. The molecule has 242 valence electrons. The quantitative estimate of drug-likeness (QED) is 0.174. The van der Waals surface area contributed by atoms with Gasteiger partial charge in [0, 0.05) is 47.6 Å². The number of thiophene rings is 1. The van der Waals surface area contributed by atoms with Crippen LogP contribution in [-0.4, -0.2) is 15.0 Å². The predicted octanol–water partition coefficient (Wildman–Crippen LogP) is 13.1. The molecule has 0 bridgehead atoms. The van der Waals surface area contributed by atoms with Crippen molar-refractivity contribution in [3.63, 3.8) is 0 Å². The molecule has 5 heteroatoms. The first-order valence-corrected chi connectivity index (χ1v) is 18.2. The molecule has 0 saturated carbocycles. The normalized spacial score (nSPS) is 11.8. The van der Waals surface area contributed by atoms with Crippen molar-refractivity contribution in [1.29, 1.82) is 0 Å². The molecule has 0 N–H and O–H groups in total. The number of para-hydroxylation sites is 1. The summed E-state index contributed by atoms with van der Waals surface area (Å²) >= 11 is 1.78. The van der Waals surface area contributed by atoms with Gasteiger partial charge in [-0.15, -0.1) is 11.3 Å². The number of rotatable bonds is 4. The van der Waals surface area contributed by atoms with E-state index in [4.69, 9.17) is 19.4 Å². The maximum Gasteiger partial charge on any atom is 0.165 e. The largest absolute Gasteiger partial charge is 0.456 e. The Balaban J connectivity index is 1.10. The van der Waals surface area contributed by atoms with Crippen LogP contribution in [0.4, 0.5) is 0 Å². The SMILES string of the molecule is c1ccc2c(c1)ccc1cccc(-c3ccc(-c4nc(-c5ccc6oc7ccccc7c6c5)nc(-c5cccc6c5sc5ccccc56)n4)cc3)c12. The summed E-state index contributed by atoms with van der Waals surface area (Å²) in [5.74, 6) is 1.90. The molecule has 8 aromatic carbocycles. The molecule has 11 rings (SSSR count). The summed E-state index contributed by atoms with van der Waals surface area (Å²) in [6.45, 7) is 0. The Morgan fingerprint density at radius 3 is 1.90 bits per heavy atom. The standard InChI is InChI=1S/C47H27N3OS/c1-2-11-33-28(9-1)19-22-30-10-7-14-34(43(30)33)29-20-23-31(24-21-29)45-48-46(32-25-26-41-39(27-32)35-12-3-5-17-40(35)51-41)50-47(49-45)38-16-8-15-37-36-13-4-6-18-42(36)52-44(37)38/h1-27H. The first-order valence-electron chi connectivity index (χ1n) is 17.3. The molecule has 0 spiro atoms. The second kappa shape index (κ2) is 11.4. The third-order valence-corrected chi connectivity index (χ3v) is 11.4. The van der Waals surface area contributed by atoms with Crippen molar-refractivity contribution in [1.82, 2.24) is 15.0 Å². The van der Waals surface area contributed by atoms with Gasteiger partial charge in [0.05, 0.1) is 0 Å². The number of fused-ring (bicyclic) bond motifs is 9. The summed E-state index contributed by atoms with van der Waals surface area (Å²) in [7, 11) is 0. The van der Waals surface area contributed by atoms with Crippen LogP contribution in [0.5, 0.6) is 0 Å². The number of benzene rings is 8. The van der Waals surface area contributed by atoms with Gasteiger partial charge in [-0.25, -0.2) is 15.0 Å². The molecule has 3 aromatic heterocycles. The van der Waals surface area contributed by atoms with E-state index in [-0.39, 0.29) is 0 Å². The van der Waals surface area contributed by atoms with E-state index in [1.165, 1.54) is 47.3 Å². The van der Waals surface area contributed by atoms with E-state index in [1.807, 2.05) is 30.3 Å². The molecule has 0 unspecified atom stereocenters. The first-order chi connectivity index (χ1) is 25.7. The molecular formula is C47H27N3OS. The van der Waals surface area contributed by atoms with Crippen molar-refractivity contribution in [2.45, 2.75) is 0 Å². The second-order valence-electron chi connectivity index (χ2n) is 13.2. The van der Waals surface area contributed by atoms with E-state index in [0.717, 1.165) is 44.2 Å². The lowest BCUT2D eigenvalue weighted by atomic mass is 9.93. The van der Waals surface area contributed by atoms with E-state index < -0.39 is 0 Å². The van der Waals surface area contributed by atoms with Crippen LogP contribution >= 0.6 is 11.3 Å². The van der Waals surface area contributed by atoms with Gasteiger partial charge in [0.15, 0.2) is 17.5 Å². The molecule has 0 aliphatic heterocycles. The van der Waals surface area contributed by atoms with Crippen molar-refractivity contribution in [3.8, 4) is 45.3 Å². The Hall–Kier alpha value is -6.69. The lowest BCUT2D eigenvalue weighted by Gasteiger charge is -2.12. The van der Waals surface area contributed by atoms with Crippen molar-refractivity contribution < 1.29 is 4.42 Å². The van der Waals surface area contributed by atoms with Crippen LogP contribution in [0.15, 0.2) is 168 Å². The van der Waals surface area contributed by atoms with Gasteiger partial charge in [0.1, 0.15) is 11.2 Å². The fourth-order valence-corrected chi connectivity index (χ4v) is 8.85. The van der Waals surface area contributed by atoms with Gasteiger partial charge in [-0.1, -0.05) is 127 Å². The van der Waals surface area contributed by atoms with Crippen molar-refractivity contribution >= 4 is 75.0 Å². The van der Waals surface area contributed by atoms with Crippen LogP contribution < -0.4 is 0 Å². The Morgan fingerprint density at radius 1 is 0.385 bits per heavy atom. The monoisotopic (exact) mass is 681 g/mol. The van der Waals surface area contributed by atoms with E-state index in [9.17, 15) is 0 Å². The van der Waals surface area contributed by atoms with E-state index >= 15 is 0 Å². The average Bonchev–Trinajstić information content (AvgIpc) is 3.79. The molecule has 0 aliphatic rings. The van der Waals surface area contributed by atoms with Crippen LogP contribution in [0.2, 0.25) is 0 Å². The lowest BCUT2D eigenvalue weighted by molar-refractivity contribution is 0.669. The minimum atomic E-state index is 0.620. The highest BCUT2D eigenvalue weighted by Crippen LogP contribution is 2.40. The van der Waals surface area contributed by atoms with Gasteiger partial charge in [-0.3, -0.25) is 0 Å². The highest BCUT2D eigenvalue weighted by atomic mass is 32.1. The number of hydrogen-bond donors (Lipinski definition) is 0. The predicted molar refractivity (Wildman–Crippen MR) is 217 cm³/mol. The summed E-state index contributed by atoms with van der Waals surface area (Å²) in [4.78, 5) is 15.5. The van der Waals surface area contributed by atoms with Gasteiger partial charge < -0.3 is 4.42 Å². The van der Waals surface area contributed by atoms with Crippen LogP contribution in [0.1, 0.15) is 0 Å². The zero-order valence-corrected chi connectivity index (χ0v) is 28.6. The van der Waals surface area contributed by atoms with Crippen molar-refractivity contribution in [2.24, 2.45) is 0 Å². The maximum atomic E-state index is 6.15. The van der Waals surface area contributed by atoms with Crippen LogP contribution in [-0.2, 0) is 0 Å². The molecular weight excluding hydrogens is 655 g/mol. The molecule has 0 amide bonds. The molecule has 3 heterocycles. The van der Waals surface area contributed by atoms with E-state index in [0.29, 0.717) is 17.5 Å². The summed E-state index contributed by atoms with van der Waals surface area (Å²) in [5.41, 5.74) is 6.89. The Labute approximate surface area is 302 Å². The fraction of sp³-hybridized carbons (Fsp3) is 0. The molecule has 0 aliphatic carbocycles. The zero-order chi connectivity index (χ0) is 34.2. The summed E-state index contributed by atoms with van der Waals surface area (Å²) in [5, 5.41) is 9.54. The molecule has 0 saturated heterocycles. The first kappa shape index (κ1) is 29.1. The minimum absolute atomic E-state index is 0.620. The number of nitrogens with zero attached hydrogens (tertiary/aromatic N) is 3. The molecule has 0 atom stereocenters. The average molecular weight is 682 g/mol. The zero-order valence-electron chi connectivity index (χ0n) is 27.7. The van der Waals surface area contributed by atoms with Gasteiger partial charge in [-0.2, -0.15) is 0 Å². The van der Waals surface area contributed by atoms with E-state index in [1.54, 1.807) is 11.3 Å². The van der Waals surface area contributed by atoms with Gasteiger partial charge in [0.2, 0.25) is 0 Å². The number of aromatic nitrogens is 3. The van der Waals surface area contributed by atoms with Gasteiger partial charge in [0.25, 0.3) is 0 Å². The highest BCUT2D eigenvalue weighted by Gasteiger charge is 2.18. The lowest BCUT2D eigenvalue weighted by Crippen LogP contribution is -2.00. The summed E-state index contributed by atoms with van der Waals surface area (Å²) < 4.78 is 8.56. The number of hydrogen-bond acceptors (Lipinski definition) is 5. The maximum absolute atomic E-state index is 6.15. The smallest absolute Gasteiger partial charge is 0.165 e. The minimum Gasteiger partial charge on any atom is -0.456 e. The molecule has 0 radical (unpaired) electrons. The second-order valence-corrected chi connectivity index (χ2v) is 14.2. The van der Waals surface area contributed by atoms with Crippen LogP contribution in [0, 0.1) is 0 Å². The molecule has 11 aromatic rings. The number of furan rings is 1. The Bertz CT molecular complexity index is 3190. The molecule has 52 heavy (non-hydrogen) atoms.